The van der Waals surface area contributed by atoms with Gasteiger partial charge >= 0.3 is 0 Å². The molecule has 0 aromatic carbocycles. The Morgan fingerprint density at radius 3 is 2.29 bits per heavy atom. The Labute approximate surface area is 87.5 Å². The number of rotatable bonds is 7. The van der Waals surface area contributed by atoms with Crippen molar-refractivity contribution in [2.75, 3.05) is 13.2 Å². The summed E-state index contributed by atoms with van der Waals surface area (Å²) in [5.41, 5.74) is -0.664. The second kappa shape index (κ2) is 6.38. The van der Waals surface area contributed by atoms with Crippen LogP contribution in [0.5, 0.6) is 0 Å². The summed E-state index contributed by atoms with van der Waals surface area (Å²) < 4.78 is 0. The molecular formula is C11H25NO2. The van der Waals surface area contributed by atoms with Crippen LogP contribution in [-0.4, -0.2) is 35.0 Å². The molecule has 0 saturated heterocycles. The highest BCUT2D eigenvalue weighted by Gasteiger charge is 2.25. The topological polar surface area (TPSA) is 52.5 Å². The number of hydrogen-bond donors (Lipinski definition) is 3. The molecule has 0 fully saturated rings. The van der Waals surface area contributed by atoms with Crippen LogP contribution in [0.25, 0.3) is 0 Å². The molecule has 0 aliphatic carbocycles. The predicted octanol–water partition coefficient (Wildman–Crippen LogP) is 1.14. The molecule has 0 bridgehead atoms. The lowest BCUT2D eigenvalue weighted by Crippen LogP contribution is -2.45. The van der Waals surface area contributed by atoms with Crippen molar-refractivity contribution in [1.82, 2.24) is 5.32 Å². The van der Waals surface area contributed by atoms with Gasteiger partial charge in [-0.05, 0) is 25.7 Å². The average Bonchev–Trinajstić information content (AvgIpc) is 2.12. The van der Waals surface area contributed by atoms with E-state index >= 15 is 0 Å². The fourth-order valence-corrected chi connectivity index (χ4v) is 1.16. The molecule has 0 aromatic rings. The molecule has 0 spiro atoms. The molecule has 0 saturated carbocycles. The zero-order chi connectivity index (χ0) is 11.2. The van der Waals surface area contributed by atoms with E-state index in [1.165, 1.54) is 0 Å². The van der Waals surface area contributed by atoms with Crippen LogP contribution in [0, 0.1) is 5.92 Å². The van der Waals surface area contributed by atoms with Gasteiger partial charge in [-0.25, -0.2) is 0 Å². The number of aliphatic hydroxyl groups excluding tert-OH is 1. The molecule has 0 aliphatic rings. The molecule has 0 rings (SSSR count). The molecule has 86 valence electrons. The van der Waals surface area contributed by atoms with E-state index < -0.39 is 5.60 Å². The summed E-state index contributed by atoms with van der Waals surface area (Å²) in [5.74, 6) is 0.238. The second-order valence-corrected chi connectivity index (χ2v) is 4.51. The number of hydrogen-bond acceptors (Lipinski definition) is 3. The smallest absolute Gasteiger partial charge is 0.0766 e. The van der Waals surface area contributed by atoms with E-state index in [-0.39, 0.29) is 12.5 Å². The van der Waals surface area contributed by atoms with E-state index in [2.05, 4.69) is 12.2 Å². The first-order valence-electron chi connectivity index (χ1n) is 5.50. The fraction of sp³-hybridized carbons (Fsp3) is 1.00. The summed E-state index contributed by atoms with van der Waals surface area (Å²) >= 11 is 0. The van der Waals surface area contributed by atoms with E-state index in [0.29, 0.717) is 12.6 Å². The van der Waals surface area contributed by atoms with Crippen molar-refractivity contribution in [3.63, 3.8) is 0 Å². The van der Waals surface area contributed by atoms with E-state index in [9.17, 15) is 5.11 Å². The maximum absolute atomic E-state index is 9.98. The van der Waals surface area contributed by atoms with Gasteiger partial charge in [0.1, 0.15) is 0 Å². The van der Waals surface area contributed by atoms with Gasteiger partial charge in [0.25, 0.3) is 0 Å². The quantitative estimate of drug-likeness (QED) is 0.581. The van der Waals surface area contributed by atoms with E-state index in [4.69, 9.17) is 5.11 Å². The van der Waals surface area contributed by atoms with Crippen LogP contribution in [0.1, 0.15) is 40.5 Å². The van der Waals surface area contributed by atoms with Gasteiger partial charge in [0.05, 0.1) is 5.60 Å². The first-order valence-corrected chi connectivity index (χ1v) is 5.50. The molecular weight excluding hydrogens is 178 g/mol. The van der Waals surface area contributed by atoms with Crippen molar-refractivity contribution in [2.45, 2.75) is 52.2 Å². The predicted molar refractivity (Wildman–Crippen MR) is 59.2 cm³/mol. The summed E-state index contributed by atoms with van der Waals surface area (Å²) in [6.07, 6.45) is 1.74. The van der Waals surface area contributed by atoms with Crippen molar-refractivity contribution < 1.29 is 10.2 Å². The number of nitrogens with one attached hydrogen (secondary N) is 1. The Balaban J connectivity index is 3.89. The normalized spacial score (nSPS) is 18.2. The molecule has 14 heavy (non-hydrogen) atoms. The highest BCUT2D eigenvalue weighted by Crippen LogP contribution is 2.15. The van der Waals surface area contributed by atoms with Gasteiger partial charge in [-0.2, -0.15) is 0 Å². The molecule has 0 aliphatic heterocycles. The maximum atomic E-state index is 9.98. The molecule has 0 amide bonds. The first kappa shape index (κ1) is 13.9. The molecule has 0 heterocycles. The van der Waals surface area contributed by atoms with Gasteiger partial charge in [0, 0.05) is 19.2 Å². The maximum Gasteiger partial charge on any atom is 0.0766 e. The average molecular weight is 203 g/mol. The van der Waals surface area contributed by atoms with Crippen LogP contribution < -0.4 is 5.32 Å². The molecule has 3 heteroatoms. The van der Waals surface area contributed by atoms with E-state index in [0.717, 1.165) is 12.8 Å². The summed E-state index contributed by atoms with van der Waals surface area (Å²) in [4.78, 5) is 0. The lowest BCUT2D eigenvalue weighted by atomic mass is 9.92. The van der Waals surface area contributed by atoms with Crippen LogP contribution in [-0.2, 0) is 0 Å². The SMILES string of the molecule is CCC(CCO)NCC(C)(O)C(C)C. The molecule has 0 aromatic heterocycles. The molecule has 2 unspecified atom stereocenters. The molecule has 3 N–H and O–H groups in total. The van der Waals surface area contributed by atoms with Crippen LogP contribution in [0.15, 0.2) is 0 Å². The summed E-state index contributed by atoms with van der Waals surface area (Å²) in [7, 11) is 0. The van der Waals surface area contributed by atoms with Gasteiger partial charge in [0.15, 0.2) is 0 Å². The minimum absolute atomic E-state index is 0.204. The standard InChI is InChI=1S/C11H25NO2/c1-5-10(6-7-13)12-8-11(4,14)9(2)3/h9-10,12-14H,5-8H2,1-4H3. The first-order chi connectivity index (χ1) is 6.44. The molecule has 2 atom stereocenters. The Bertz CT molecular complexity index is 146. The Morgan fingerprint density at radius 1 is 1.36 bits per heavy atom. The summed E-state index contributed by atoms with van der Waals surface area (Å²) in [6.45, 7) is 8.73. The van der Waals surface area contributed by atoms with Crippen LogP contribution in [0.2, 0.25) is 0 Å². The Hall–Kier alpha value is -0.120. The lowest BCUT2D eigenvalue weighted by Gasteiger charge is -2.30. The third-order valence-corrected chi connectivity index (χ3v) is 2.96. The summed E-state index contributed by atoms with van der Waals surface area (Å²) in [5, 5.41) is 22.1. The van der Waals surface area contributed by atoms with Gasteiger partial charge < -0.3 is 15.5 Å². The monoisotopic (exact) mass is 203 g/mol. The van der Waals surface area contributed by atoms with Gasteiger partial charge in [-0.3, -0.25) is 0 Å². The van der Waals surface area contributed by atoms with Crippen LogP contribution in [0.4, 0.5) is 0 Å². The third kappa shape index (κ3) is 4.94. The van der Waals surface area contributed by atoms with Crippen molar-refractivity contribution in [2.24, 2.45) is 5.92 Å². The minimum atomic E-state index is -0.664. The fourth-order valence-electron chi connectivity index (χ4n) is 1.16. The van der Waals surface area contributed by atoms with E-state index in [1.807, 2.05) is 20.8 Å². The van der Waals surface area contributed by atoms with Crippen molar-refractivity contribution in [1.29, 1.82) is 0 Å². The van der Waals surface area contributed by atoms with E-state index in [1.54, 1.807) is 0 Å². The minimum Gasteiger partial charge on any atom is -0.396 e. The summed E-state index contributed by atoms with van der Waals surface area (Å²) in [6, 6.07) is 0.310. The van der Waals surface area contributed by atoms with Crippen LogP contribution in [0.3, 0.4) is 0 Å². The molecule has 3 nitrogen and oxygen atoms in total. The van der Waals surface area contributed by atoms with Gasteiger partial charge in [-0.15, -0.1) is 0 Å². The Kier molecular flexibility index (Phi) is 6.33. The van der Waals surface area contributed by atoms with Crippen molar-refractivity contribution >= 4 is 0 Å². The van der Waals surface area contributed by atoms with Crippen molar-refractivity contribution in [3.05, 3.63) is 0 Å². The van der Waals surface area contributed by atoms with Crippen LogP contribution >= 0.6 is 0 Å². The highest BCUT2D eigenvalue weighted by molar-refractivity contribution is 4.80. The third-order valence-electron chi connectivity index (χ3n) is 2.96. The highest BCUT2D eigenvalue weighted by atomic mass is 16.3. The van der Waals surface area contributed by atoms with Gasteiger partial charge in [0.2, 0.25) is 0 Å². The van der Waals surface area contributed by atoms with Crippen molar-refractivity contribution in [3.8, 4) is 0 Å². The number of aliphatic hydroxyl groups is 2. The van der Waals surface area contributed by atoms with Gasteiger partial charge in [-0.1, -0.05) is 20.8 Å². The molecule has 0 radical (unpaired) electrons. The lowest BCUT2D eigenvalue weighted by molar-refractivity contribution is 0.0110. The zero-order valence-corrected chi connectivity index (χ0v) is 9.88. The zero-order valence-electron chi connectivity index (χ0n) is 9.88. The largest absolute Gasteiger partial charge is 0.396 e. The second-order valence-electron chi connectivity index (χ2n) is 4.51. The Morgan fingerprint density at radius 2 is 1.93 bits per heavy atom.